The summed E-state index contributed by atoms with van der Waals surface area (Å²) >= 11 is 5.68. The standard InChI is InChI=1S/C25H27F3N4OS/c1-16-15-18(17(2)32(16)21-11-5-4-9-19(21)25(26,27)28)23-22(20-10-6-7-12-29-20)30-24(34)31(23)13-8-14-33-3/h4-7,9-12,15,22-23H,8,13-14H2,1-3H3,(H,30,34)/t22-,23-/m1/s1. The first-order valence-corrected chi connectivity index (χ1v) is 11.5. The van der Waals surface area contributed by atoms with Gasteiger partial charge in [-0.15, -0.1) is 0 Å². The molecule has 5 nitrogen and oxygen atoms in total. The van der Waals surface area contributed by atoms with E-state index in [4.69, 9.17) is 17.0 Å². The van der Waals surface area contributed by atoms with Crippen LogP contribution in [0.4, 0.5) is 13.2 Å². The number of aromatic nitrogens is 2. The lowest BCUT2D eigenvalue weighted by atomic mass is 9.96. The van der Waals surface area contributed by atoms with Crippen molar-refractivity contribution in [3.05, 3.63) is 82.9 Å². The Labute approximate surface area is 202 Å². The third kappa shape index (κ3) is 4.54. The molecule has 0 unspecified atom stereocenters. The van der Waals surface area contributed by atoms with E-state index in [0.29, 0.717) is 18.3 Å². The first kappa shape index (κ1) is 24.2. The summed E-state index contributed by atoms with van der Waals surface area (Å²) in [5, 5.41) is 3.99. The van der Waals surface area contributed by atoms with Crippen molar-refractivity contribution in [2.24, 2.45) is 0 Å². The largest absolute Gasteiger partial charge is 0.418 e. The summed E-state index contributed by atoms with van der Waals surface area (Å²) in [7, 11) is 1.65. The Hall–Kier alpha value is -2.91. The lowest BCUT2D eigenvalue weighted by Gasteiger charge is -2.28. The molecule has 1 N–H and O–H groups in total. The van der Waals surface area contributed by atoms with Gasteiger partial charge in [-0.3, -0.25) is 4.98 Å². The second-order valence-corrected chi connectivity index (χ2v) is 8.73. The van der Waals surface area contributed by atoms with Crippen molar-refractivity contribution >= 4 is 17.3 Å². The fraction of sp³-hybridized carbons (Fsp3) is 0.360. The Morgan fingerprint density at radius 2 is 1.85 bits per heavy atom. The molecule has 1 fully saturated rings. The minimum absolute atomic E-state index is 0.116. The van der Waals surface area contributed by atoms with Crippen LogP contribution in [0.15, 0.2) is 54.7 Å². The van der Waals surface area contributed by atoms with E-state index < -0.39 is 11.7 Å². The Morgan fingerprint density at radius 3 is 2.53 bits per heavy atom. The average molecular weight is 489 g/mol. The third-order valence-electron chi connectivity index (χ3n) is 6.18. The summed E-state index contributed by atoms with van der Waals surface area (Å²) in [4.78, 5) is 6.63. The number of hydrogen-bond acceptors (Lipinski definition) is 3. The van der Waals surface area contributed by atoms with Crippen molar-refractivity contribution in [3.63, 3.8) is 0 Å². The quantitative estimate of drug-likeness (QED) is 0.351. The van der Waals surface area contributed by atoms with Crippen molar-refractivity contribution in [2.45, 2.75) is 38.5 Å². The van der Waals surface area contributed by atoms with Gasteiger partial charge in [0.15, 0.2) is 5.11 Å². The van der Waals surface area contributed by atoms with Gasteiger partial charge in [0.2, 0.25) is 0 Å². The third-order valence-corrected chi connectivity index (χ3v) is 6.54. The van der Waals surface area contributed by atoms with Gasteiger partial charge in [0.1, 0.15) is 0 Å². The molecule has 3 aromatic rings. The zero-order chi connectivity index (χ0) is 24.5. The monoisotopic (exact) mass is 488 g/mol. The molecule has 34 heavy (non-hydrogen) atoms. The van der Waals surface area contributed by atoms with Crippen LogP contribution in [0, 0.1) is 13.8 Å². The van der Waals surface area contributed by atoms with Crippen LogP contribution < -0.4 is 5.32 Å². The van der Waals surface area contributed by atoms with Gasteiger partial charge in [-0.05, 0) is 68.4 Å². The number of para-hydroxylation sites is 1. The topological polar surface area (TPSA) is 42.3 Å². The minimum atomic E-state index is -4.46. The molecule has 1 saturated heterocycles. The molecule has 0 bridgehead atoms. The summed E-state index contributed by atoms with van der Waals surface area (Å²) < 4.78 is 48.3. The molecule has 3 heterocycles. The van der Waals surface area contributed by atoms with Crippen LogP contribution in [-0.4, -0.2) is 39.8 Å². The number of thiocarbonyl (C=S) groups is 1. The molecule has 0 amide bonds. The second-order valence-electron chi connectivity index (χ2n) is 8.34. The lowest BCUT2D eigenvalue weighted by molar-refractivity contribution is -0.137. The van der Waals surface area contributed by atoms with Crippen LogP contribution in [0.25, 0.3) is 5.69 Å². The van der Waals surface area contributed by atoms with E-state index in [0.717, 1.165) is 35.1 Å². The highest BCUT2D eigenvalue weighted by atomic mass is 32.1. The molecule has 9 heteroatoms. The van der Waals surface area contributed by atoms with Gasteiger partial charge in [0.25, 0.3) is 0 Å². The maximum Gasteiger partial charge on any atom is 0.418 e. The summed E-state index contributed by atoms with van der Waals surface area (Å²) in [5.41, 5.74) is 2.65. The van der Waals surface area contributed by atoms with E-state index in [9.17, 15) is 13.2 Å². The molecule has 0 radical (unpaired) electrons. The molecule has 180 valence electrons. The number of methoxy groups -OCH3 is 1. The van der Waals surface area contributed by atoms with E-state index in [2.05, 4.69) is 15.2 Å². The summed E-state index contributed by atoms with van der Waals surface area (Å²) in [5.74, 6) is 0. The Kier molecular flexibility index (Phi) is 6.95. The molecule has 0 aliphatic carbocycles. The molecule has 0 saturated carbocycles. The summed E-state index contributed by atoms with van der Waals surface area (Å²) in [6, 6.07) is 12.9. The van der Waals surface area contributed by atoms with Crippen LogP contribution in [0.1, 0.15) is 46.7 Å². The van der Waals surface area contributed by atoms with E-state index >= 15 is 0 Å². The van der Waals surface area contributed by atoms with Crippen LogP contribution in [0.3, 0.4) is 0 Å². The SMILES string of the molecule is COCCCN1C(=S)N[C@H](c2ccccn2)[C@H]1c1cc(C)n(-c2ccccc2C(F)(F)F)c1C. The number of halogens is 3. The smallest absolute Gasteiger partial charge is 0.385 e. The van der Waals surface area contributed by atoms with E-state index in [-0.39, 0.29) is 17.8 Å². The molecule has 1 aromatic carbocycles. The molecule has 2 aromatic heterocycles. The maximum absolute atomic E-state index is 13.8. The Morgan fingerprint density at radius 1 is 1.12 bits per heavy atom. The number of nitrogens with zero attached hydrogens (tertiary/aromatic N) is 3. The fourth-order valence-electron chi connectivity index (χ4n) is 4.73. The van der Waals surface area contributed by atoms with Crippen molar-refractivity contribution in [3.8, 4) is 5.69 Å². The second kappa shape index (κ2) is 9.76. The van der Waals surface area contributed by atoms with Crippen molar-refractivity contribution in [1.29, 1.82) is 0 Å². The van der Waals surface area contributed by atoms with Crippen LogP contribution >= 0.6 is 12.2 Å². The summed E-state index contributed by atoms with van der Waals surface area (Å²) in [6.07, 6.45) is -1.97. The molecular weight excluding hydrogens is 461 g/mol. The highest BCUT2D eigenvalue weighted by molar-refractivity contribution is 7.80. The van der Waals surface area contributed by atoms with Gasteiger partial charge in [-0.1, -0.05) is 18.2 Å². The van der Waals surface area contributed by atoms with Crippen molar-refractivity contribution in [2.75, 3.05) is 20.3 Å². The van der Waals surface area contributed by atoms with E-state index in [1.165, 1.54) is 12.1 Å². The molecule has 1 aliphatic rings. The number of alkyl halides is 3. The number of hydrogen-bond donors (Lipinski definition) is 1. The van der Waals surface area contributed by atoms with E-state index in [1.54, 1.807) is 23.9 Å². The zero-order valence-corrected chi connectivity index (χ0v) is 20.1. The highest BCUT2D eigenvalue weighted by Crippen LogP contribution is 2.42. The Balaban J connectivity index is 1.83. The van der Waals surface area contributed by atoms with Gasteiger partial charge < -0.3 is 19.5 Å². The van der Waals surface area contributed by atoms with Crippen molar-refractivity contribution < 1.29 is 17.9 Å². The lowest BCUT2D eigenvalue weighted by Crippen LogP contribution is -2.31. The predicted molar refractivity (Wildman–Crippen MR) is 129 cm³/mol. The molecule has 0 spiro atoms. The first-order chi connectivity index (χ1) is 16.2. The fourth-order valence-corrected chi connectivity index (χ4v) is 5.06. The number of ether oxygens (including phenoxy) is 1. The molecule has 1 aliphatic heterocycles. The van der Waals surface area contributed by atoms with Crippen LogP contribution in [0.5, 0.6) is 0 Å². The zero-order valence-electron chi connectivity index (χ0n) is 19.3. The number of nitrogens with one attached hydrogen (secondary N) is 1. The number of aryl methyl sites for hydroxylation is 1. The normalized spacial score (nSPS) is 18.4. The molecule has 4 rings (SSSR count). The molecular formula is C25H27F3N4OS. The van der Waals surface area contributed by atoms with E-state index in [1.807, 2.05) is 38.1 Å². The Bertz CT molecular complexity index is 1160. The number of rotatable bonds is 7. The van der Waals surface area contributed by atoms with Crippen LogP contribution in [-0.2, 0) is 10.9 Å². The first-order valence-electron chi connectivity index (χ1n) is 11.1. The summed E-state index contributed by atoms with van der Waals surface area (Å²) in [6.45, 7) is 4.92. The van der Waals surface area contributed by atoms with Gasteiger partial charge >= 0.3 is 6.18 Å². The predicted octanol–water partition coefficient (Wildman–Crippen LogP) is 5.52. The number of benzene rings is 1. The molecule has 2 atom stereocenters. The highest BCUT2D eigenvalue weighted by Gasteiger charge is 2.41. The average Bonchev–Trinajstić information content (AvgIpc) is 3.29. The minimum Gasteiger partial charge on any atom is -0.385 e. The van der Waals surface area contributed by atoms with Gasteiger partial charge in [0.05, 0.1) is 29.0 Å². The van der Waals surface area contributed by atoms with Crippen LogP contribution in [0.2, 0.25) is 0 Å². The van der Waals surface area contributed by atoms with Gasteiger partial charge in [-0.2, -0.15) is 13.2 Å². The number of pyridine rings is 1. The van der Waals surface area contributed by atoms with Gasteiger partial charge in [0, 0.05) is 37.8 Å². The van der Waals surface area contributed by atoms with Crippen molar-refractivity contribution in [1.82, 2.24) is 19.8 Å². The van der Waals surface area contributed by atoms with Gasteiger partial charge in [-0.25, -0.2) is 0 Å². The maximum atomic E-state index is 13.8.